The SMILES string of the molecule is CC(C)NC(=O)N1CCCC(c2cccc(C(=O)NCCC3=CCCCC3)c2)C1. The van der Waals surface area contributed by atoms with Crippen LogP contribution in [0.5, 0.6) is 0 Å². The minimum Gasteiger partial charge on any atom is -0.352 e. The molecule has 5 nitrogen and oxygen atoms in total. The topological polar surface area (TPSA) is 61.4 Å². The van der Waals surface area contributed by atoms with Crippen LogP contribution in [0.25, 0.3) is 0 Å². The van der Waals surface area contributed by atoms with Gasteiger partial charge in [0.15, 0.2) is 0 Å². The van der Waals surface area contributed by atoms with Crippen molar-refractivity contribution in [3.05, 3.63) is 47.0 Å². The second kappa shape index (κ2) is 10.5. The number of urea groups is 1. The first-order valence-corrected chi connectivity index (χ1v) is 11.1. The molecule has 1 heterocycles. The monoisotopic (exact) mass is 397 g/mol. The highest BCUT2D eigenvalue weighted by molar-refractivity contribution is 5.94. The Morgan fingerprint density at radius 3 is 2.83 bits per heavy atom. The number of amides is 3. The van der Waals surface area contributed by atoms with Crippen molar-refractivity contribution in [2.45, 2.75) is 70.8 Å². The van der Waals surface area contributed by atoms with Gasteiger partial charge in [-0.15, -0.1) is 0 Å². The molecule has 1 saturated heterocycles. The van der Waals surface area contributed by atoms with E-state index in [4.69, 9.17) is 0 Å². The molecule has 1 aromatic carbocycles. The molecule has 0 aromatic heterocycles. The van der Waals surface area contributed by atoms with Crippen molar-refractivity contribution in [2.75, 3.05) is 19.6 Å². The Hall–Kier alpha value is -2.30. The summed E-state index contributed by atoms with van der Waals surface area (Å²) in [5.74, 6) is 0.273. The van der Waals surface area contributed by atoms with Crippen LogP contribution in [0.15, 0.2) is 35.9 Å². The fraction of sp³-hybridized carbons (Fsp3) is 0.583. The molecule has 2 N–H and O–H groups in total. The molecule has 0 spiro atoms. The van der Waals surface area contributed by atoms with E-state index < -0.39 is 0 Å². The normalized spacial score (nSPS) is 19.6. The zero-order valence-corrected chi connectivity index (χ0v) is 17.9. The highest BCUT2D eigenvalue weighted by Crippen LogP contribution is 2.27. The number of hydrogen-bond acceptors (Lipinski definition) is 2. The van der Waals surface area contributed by atoms with Crippen molar-refractivity contribution < 1.29 is 9.59 Å². The standard InChI is InChI=1S/C24H35N3O2/c1-18(2)26-24(29)27-15-7-12-22(17-27)20-10-6-11-21(16-20)23(28)25-14-13-19-8-4-3-5-9-19/h6,8,10-11,16,18,22H,3-5,7,9,12-15,17H2,1-2H3,(H,25,28)(H,26,29). The summed E-state index contributed by atoms with van der Waals surface area (Å²) >= 11 is 0. The molecule has 0 saturated carbocycles. The van der Waals surface area contributed by atoms with E-state index in [9.17, 15) is 9.59 Å². The van der Waals surface area contributed by atoms with Crippen molar-refractivity contribution >= 4 is 11.9 Å². The van der Waals surface area contributed by atoms with Crippen molar-refractivity contribution in [2.24, 2.45) is 0 Å². The summed E-state index contributed by atoms with van der Waals surface area (Å²) in [5.41, 5.74) is 3.34. The van der Waals surface area contributed by atoms with Gasteiger partial charge in [-0.25, -0.2) is 4.79 Å². The number of carbonyl (C=O) groups excluding carboxylic acids is 2. The summed E-state index contributed by atoms with van der Waals surface area (Å²) in [7, 11) is 0. The first-order chi connectivity index (χ1) is 14.0. The van der Waals surface area contributed by atoms with Gasteiger partial charge in [-0.3, -0.25) is 4.79 Å². The van der Waals surface area contributed by atoms with Crippen molar-refractivity contribution in [3.8, 4) is 0 Å². The summed E-state index contributed by atoms with van der Waals surface area (Å²) in [6.07, 6.45) is 10.2. The van der Waals surface area contributed by atoms with Gasteiger partial charge in [0.25, 0.3) is 5.91 Å². The summed E-state index contributed by atoms with van der Waals surface area (Å²) in [4.78, 5) is 26.9. The van der Waals surface area contributed by atoms with Gasteiger partial charge in [-0.05, 0) is 76.5 Å². The Kier molecular flexibility index (Phi) is 7.73. The lowest BCUT2D eigenvalue weighted by atomic mass is 9.89. The van der Waals surface area contributed by atoms with Crippen molar-refractivity contribution in [3.63, 3.8) is 0 Å². The number of carbonyl (C=O) groups is 2. The molecular weight excluding hydrogens is 362 g/mol. The molecule has 1 aliphatic heterocycles. The molecule has 3 rings (SSSR count). The molecule has 5 heteroatoms. The second-order valence-electron chi connectivity index (χ2n) is 8.63. The Morgan fingerprint density at radius 2 is 2.07 bits per heavy atom. The number of piperidine rings is 1. The van der Waals surface area contributed by atoms with E-state index >= 15 is 0 Å². The first kappa shape index (κ1) is 21.4. The maximum absolute atomic E-state index is 12.6. The van der Waals surface area contributed by atoms with E-state index in [0.717, 1.165) is 31.4 Å². The van der Waals surface area contributed by atoms with Gasteiger partial charge in [0.2, 0.25) is 0 Å². The Bertz CT molecular complexity index is 741. The lowest BCUT2D eigenvalue weighted by Crippen LogP contribution is -2.47. The third-order valence-electron chi connectivity index (χ3n) is 5.86. The summed E-state index contributed by atoms with van der Waals surface area (Å²) in [5, 5.41) is 6.05. The van der Waals surface area contributed by atoms with Crippen molar-refractivity contribution in [1.29, 1.82) is 0 Å². The van der Waals surface area contributed by atoms with Crippen LogP contribution in [0.4, 0.5) is 4.79 Å². The lowest BCUT2D eigenvalue weighted by molar-refractivity contribution is 0.0953. The number of likely N-dealkylation sites (tertiary alicyclic amines) is 1. The van der Waals surface area contributed by atoms with Crippen LogP contribution in [0.1, 0.15) is 80.6 Å². The number of benzene rings is 1. The van der Waals surface area contributed by atoms with Gasteiger partial charge in [0.1, 0.15) is 0 Å². The maximum Gasteiger partial charge on any atom is 0.317 e. The van der Waals surface area contributed by atoms with E-state index in [0.29, 0.717) is 18.7 Å². The Balaban J connectivity index is 1.56. The fourth-order valence-corrected chi connectivity index (χ4v) is 4.28. The zero-order chi connectivity index (χ0) is 20.6. The average molecular weight is 398 g/mol. The maximum atomic E-state index is 12.6. The lowest BCUT2D eigenvalue weighted by Gasteiger charge is -2.33. The largest absolute Gasteiger partial charge is 0.352 e. The number of nitrogens with one attached hydrogen (secondary N) is 2. The predicted octanol–water partition coefficient (Wildman–Crippen LogP) is 4.60. The Labute approximate surface area is 174 Å². The molecule has 1 unspecified atom stereocenters. The summed E-state index contributed by atoms with van der Waals surface area (Å²) in [6, 6.07) is 8.07. The highest BCUT2D eigenvalue weighted by atomic mass is 16.2. The van der Waals surface area contributed by atoms with E-state index in [2.05, 4.69) is 22.8 Å². The van der Waals surface area contributed by atoms with Gasteiger partial charge in [0, 0.05) is 37.2 Å². The van der Waals surface area contributed by atoms with Gasteiger partial charge in [0.05, 0.1) is 0 Å². The molecule has 1 aromatic rings. The molecule has 158 valence electrons. The van der Waals surface area contributed by atoms with Crippen LogP contribution < -0.4 is 10.6 Å². The molecular formula is C24H35N3O2. The van der Waals surface area contributed by atoms with Gasteiger partial charge >= 0.3 is 6.03 Å². The summed E-state index contributed by atoms with van der Waals surface area (Å²) < 4.78 is 0. The number of nitrogens with zero attached hydrogens (tertiary/aromatic N) is 1. The highest BCUT2D eigenvalue weighted by Gasteiger charge is 2.25. The van der Waals surface area contributed by atoms with E-state index in [1.165, 1.54) is 31.3 Å². The molecule has 0 radical (unpaired) electrons. The molecule has 1 fully saturated rings. The predicted molar refractivity (Wildman–Crippen MR) is 117 cm³/mol. The quantitative estimate of drug-likeness (QED) is 0.689. The van der Waals surface area contributed by atoms with Crippen LogP contribution in [-0.4, -0.2) is 42.5 Å². The minimum absolute atomic E-state index is 0.00604. The van der Waals surface area contributed by atoms with Gasteiger partial charge in [-0.2, -0.15) is 0 Å². The molecule has 3 amide bonds. The molecule has 0 bridgehead atoms. The summed E-state index contributed by atoms with van der Waals surface area (Å²) in [6.45, 7) is 6.16. The van der Waals surface area contributed by atoms with Crippen molar-refractivity contribution in [1.82, 2.24) is 15.5 Å². The third kappa shape index (κ3) is 6.34. The fourth-order valence-electron chi connectivity index (χ4n) is 4.28. The smallest absolute Gasteiger partial charge is 0.317 e. The van der Waals surface area contributed by atoms with Gasteiger partial charge in [-0.1, -0.05) is 23.8 Å². The number of hydrogen-bond donors (Lipinski definition) is 2. The van der Waals surface area contributed by atoms with Gasteiger partial charge < -0.3 is 15.5 Å². The average Bonchev–Trinajstić information content (AvgIpc) is 2.74. The van der Waals surface area contributed by atoms with Crippen LogP contribution in [0, 0.1) is 0 Å². The first-order valence-electron chi connectivity index (χ1n) is 11.1. The molecule has 1 aliphatic carbocycles. The number of rotatable bonds is 6. The minimum atomic E-state index is -0.00604. The van der Waals surface area contributed by atoms with Crippen LogP contribution in [-0.2, 0) is 0 Å². The number of allylic oxidation sites excluding steroid dienone is 1. The van der Waals surface area contributed by atoms with Crippen LogP contribution in [0.3, 0.4) is 0 Å². The second-order valence-corrected chi connectivity index (χ2v) is 8.63. The Morgan fingerprint density at radius 1 is 1.21 bits per heavy atom. The third-order valence-corrected chi connectivity index (χ3v) is 5.86. The van der Waals surface area contributed by atoms with E-state index in [-0.39, 0.29) is 23.9 Å². The van der Waals surface area contributed by atoms with Crippen LogP contribution in [0.2, 0.25) is 0 Å². The molecule has 2 aliphatic rings. The van der Waals surface area contributed by atoms with E-state index in [1.807, 2.05) is 36.9 Å². The molecule has 29 heavy (non-hydrogen) atoms. The van der Waals surface area contributed by atoms with E-state index in [1.54, 1.807) is 0 Å². The van der Waals surface area contributed by atoms with Crippen LogP contribution >= 0.6 is 0 Å². The zero-order valence-electron chi connectivity index (χ0n) is 17.9. The molecule has 1 atom stereocenters.